The molecule has 0 aliphatic carbocycles. The average molecular weight is 211 g/mol. The highest BCUT2D eigenvalue weighted by molar-refractivity contribution is 9.09. The van der Waals surface area contributed by atoms with Crippen molar-refractivity contribution >= 4 is 21.9 Å². The van der Waals surface area contributed by atoms with E-state index in [1.165, 1.54) is 6.92 Å². The number of ether oxygens (including phenoxy) is 2. The van der Waals surface area contributed by atoms with Crippen LogP contribution in [0.15, 0.2) is 0 Å². The van der Waals surface area contributed by atoms with E-state index in [9.17, 15) is 4.79 Å². The Hall–Kier alpha value is -0.0900. The molecule has 0 spiro atoms. The monoisotopic (exact) mass is 210 g/mol. The molecule has 0 saturated heterocycles. The van der Waals surface area contributed by atoms with E-state index < -0.39 is 0 Å². The van der Waals surface area contributed by atoms with Gasteiger partial charge in [0.1, 0.15) is 11.6 Å². The van der Waals surface area contributed by atoms with E-state index >= 15 is 0 Å². The largest absolute Gasteiger partial charge is 0.462 e. The van der Waals surface area contributed by atoms with E-state index in [-0.39, 0.29) is 17.6 Å². The van der Waals surface area contributed by atoms with Crippen LogP contribution < -0.4 is 0 Å². The minimum atomic E-state index is -0.288. The molecule has 0 aliphatic heterocycles. The first-order chi connectivity index (χ1) is 4.66. The Morgan fingerprint density at radius 2 is 2.30 bits per heavy atom. The second kappa shape index (κ2) is 5.68. The Morgan fingerprint density at radius 3 is 2.70 bits per heavy atom. The number of carbonyl (C=O) groups is 1. The topological polar surface area (TPSA) is 35.5 Å². The van der Waals surface area contributed by atoms with Crippen molar-refractivity contribution in [3.8, 4) is 0 Å². The molecule has 0 aromatic heterocycles. The van der Waals surface area contributed by atoms with E-state index in [0.29, 0.717) is 6.61 Å². The molecule has 10 heavy (non-hydrogen) atoms. The Kier molecular flexibility index (Phi) is 5.63. The molecule has 1 atom stereocenters. The summed E-state index contributed by atoms with van der Waals surface area (Å²) in [6, 6.07) is 0. The number of rotatable bonds is 4. The molecule has 0 aromatic carbocycles. The zero-order chi connectivity index (χ0) is 7.98. The molecule has 0 bridgehead atoms. The third kappa shape index (κ3) is 6.04. The summed E-state index contributed by atoms with van der Waals surface area (Å²) in [6.45, 7) is 4.12. The zero-order valence-electron chi connectivity index (χ0n) is 6.09. The van der Waals surface area contributed by atoms with Gasteiger partial charge in [-0.1, -0.05) is 15.9 Å². The summed E-state index contributed by atoms with van der Waals surface area (Å²) >= 11 is 3.17. The van der Waals surface area contributed by atoms with Crippen LogP contribution in [0.2, 0.25) is 0 Å². The maximum Gasteiger partial charge on any atom is 0.302 e. The van der Waals surface area contributed by atoms with Gasteiger partial charge in [0.05, 0.1) is 0 Å². The normalized spacial score (nSPS) is 12.7. The Balaban J connectivity index is 3.21. The Morgan fingerprint density at radius 1 is 1.70 bits per heavy atom. The lowest BCUT2D eigenvalue weighted by molar-refractivity contribution is -0.143. The second-order valence-corrected chi connectivity index (χ2v) is 2.69. The van der Waals surface area contributed by atoms with Crippen molar-refractivity contribution in [1.82, 2.24) is 0 Å². The van der Waals surface area contributed by atoms with Crippen LogP contribution >= 0.6 is 15.9 Å². The van der Waals surface area contributed by atoms with Gasteiger partial charge in [0, 0.05) is 13.5 Å². The first kappa shape index (κ1) is 9.91. The lowest BCUT2D eigenvalue weighted by Crippen LogP contribution is -2.14. The Labute approximate surface area is 68.8 Å². The van der Waals surface area contributed by atoms with Gasteiger partial charge in [-0.15, -0.1) is 0 Å². The van der Waals surface area contributed by atoms with Crippen LogP contribution in [0.5, 0.6) is 0 Å². The number of carbonyl (C=O) groups excluding carboxylic acids is 1. The summed E-state index contributed by atoms with van der Waals surface area (Å²) in [4.78, 5) is 10.3. The van der Waals surface area contributed by atoms with Gasteiger partial charge in [-0.2, -0.15) is 0 Å². The molecule has 4 heteroatoms. The van der Waals surface area contributed by atoms with E-state index in [1.807, 2.05) is 6.92 Å². The fraction of sp³-hybridized carbons (Fsp3) is 0.833. The minimum Gasteiger partial charge on any atom is -0.462 e. The van der Waals surface area contributed by atoms with Gasteiger partial charge in [-0.25, -0.2) is 0 Å². The SMILES string of the molecule is CCOC(Br)COC(C)=O. The summed E-state index contributed by atoms with van der Waals surface area (Å²) in [6.07, 6.45) is 0. The highest BCUT2D eigenvalue weighted by atomic mass is 79.9. The molecule has 60 valence electrons. The van der Waals surface area contributed by atoms with Gasteiger partial charge in [-0.3, -0.25) is 4.79 Å². The summed E-state index contributed by atoms with van der Waals surface area (Å²) in [5.41, 5.74) is 0. The van der Waals surface area contributed by atoms with Gasteiger partial charge < -0.3 is 9.47 Å². The molecule has 0 aliphatic rings. The maximum absolute atomic E-state index is 10.3. The molecule has 3 nitrogen and oxygen atoms in total. The van der Waals surface area contributed by atoms with Crippen molar-refractivity contribution in [1.29, 1.82) is 0 Å². The first-order valence-electron chi connectivity index (χ1n) is 3.05. The zero-order valence-corrected chi connectivity index (χ0v) is 7.68. The van der Waals surface area contributed by atoms with Gasteiger partial charge >= 0.3 is 5.97 Å². The molecular formula is C6H11BrO3. The molecule has 0 heterocycles. The second-order valence-electron chi connectivity index (χ2n) is 1.67. The van der Waals surface area contributed by atoms with E-state index in [1.54, 1.807) is 0 Å². The van der Waals surface area contributed by atoms with Crippen LogP contribution in [0.1, 0.15) is 13.8 Å². The van der Waals surface area contributed by atoms with E-state index in [2.05, 4.69) is 20.7 Å². The summed E-state index contributed by atoms with van der Waals surface area (Å²) in [7, 11) is 0. The minimum absolute atomic E-state index is 0.179. The predicted octanol–water partition coefficient (Wildman–Crippen LogP) is 1.31. The van der Waals surface area contributed by atoms with Crippen molar-refractivity contribution in [3.05, 3.63) is 0 Å². The van der Waals surface area contributed by atoms with Crippen molar-refractivity contribution in [2.75, 3.05) is 13.2 Å². The average Bonchev–Trinajstić information content (AvgIpc) is 1.85. The van der Waals surface area contributed by atoms with Crippen LogP contribution in [0.25, 0.3) is 0 Å². The smallest absolute Gasteiger partial charge is 0.302 e. The standard InChI is InChI=1S/C6H11BrO3/c1-3-9-6(7)4-10-5(2)8/h6H,3-4H2,1-2H3. The highest BCUT2D eigenvalue weighted by Crippen LogP contribution is 2.01. The Bertz CT molecular complexity index is 105. The first-order valence-corrected chi connectivity index (χ1v) is 3.97. The van der Waals surface area contributed by atoms with E-state index in [4.69, 9.17) is 4.74 Å². The molecule has 0 amide bonds. The van der Waals surface area contributed by atoms with Gasteiger partial charge in [0.25, 0.3) is 0 Å². The van der Waals surface area contributed by atoms with Gasteiger partial charge in [0.15, 0.2) is 0 Å². The summed E-state index contributed by atoms with van der Waals surface area (Å²) < 4.78 is 9.68. The predicted molar refractivity (Wildman–Crippen MR) is 41.0 cm³/mol. The van der Waals surface area contributed by atoms with Crippen molar-refractivity contribution < 1.29 is 14.3 Å². The molecule has 0 aromatic rings. The number of halogens is 1. The molecular weight excluding hydrogens is 200 g/mol. The summed E-state index contributed by atoms with van der Waals surface area (Å²) in [5, 5.41) is -0.179. The molecule has 1 unspecified atom stereocenters. The number of hydrogen-bond donors (Lipinski definition) is 0. The van der Waals surface area contributed by atoms with Crippen LogP contribution in [0.4, 0.5) is 0 Å². The molecule has 0 N–H and O–H groups in total. The lowest BCUT2D eigenvalue weighted by Gasteiger charge is -2.08. The molecule has 0 radical (unpaired) electrons. The van der Waals surface area contributed by atoms with E-state index in [0.717, 1.165) is 0 Å². The number of hydrogen-bond acceptors (Lipinski definition) is 3. The fourth-order valence-electron chi connectivity index (χ4n) is 0.412. The van der Waals surface area contributed by atoms with Crippen molar-refractivity contribution in [2.45, 2.75) is 18.9 Å². The third-order valence-corrected chi connectivity index (χ3v) is 1.29. The van der Waals surface area contributed by atoms with Crippen LogP contribution in [0, 0.1) is 0 Å². The van der Waals surface area contributed by atoms with Crippen LogP contribution in [0.3, 0.4) is 0 Å². The maximum atomic E-state index is 10.3. The van der Waals surface area contributed by atoms with Gasteiger partial charge in [0.2, 0.25) is 0 Å². The quantitative estimate of drug-likeness (QED) is 0.519. The summed E-state index contributed by atoms with van der Waals surface area (Å²) in [5.74, 6) is -0.288. The van der Waals surface area contributed by atoms with Crippen molar-refractivity contribution in [2.24, 2.45) is 0 Å². The highest BCUT2D eigenvalue weighted by Gasteiger charge is 2.03. The van der Waals surface area contributed by atoms with Crippen molar-refractivity contribution in [3.63, 3.8) is 0 Å². The molecule has 0 saturated carbocycles. The number of esters is 1. The fourth-order valence-corrected chi connectivity index (χ4v) is 0.808. The molecule has 0 rings (SSSR count). The van der Waals surface area contributed by atoms with Crippen LogP contribution in [-0.2, 0) is 14.3 Å². The van der Waals surface area contributed by atoms with Crippen LogP contribution in [-0.4, -0.2) is 24.2 Å². The third-order valence-electron chi connectivity index (χ3n) is 0.765. The lowest BCUT2D eigenvalue weighted by atomic mass is 10.7. The molecule has 0 fully saturated rings. The van der Waals surface area contributed by atoms with Gasteiger partial charge in [-0.05, 0) is 6.92 Å². The number of alkyl halides is 1.